The molecule has 1 N–H and O–H groups in total. The second-order valence-electron chi connectivity index (χ2n) is 16.6. The van der Waals surface area contributed by atoms with Gasteiger partial charge in [-0.3, -0.25) is 9.55 Å². The quantitative estimate of drug-likeness (QED) is 0.183. The number of imidazole rings is 1. The molecule has 0 fully saturated rings. The van der Waals surface area contributed by atoms with E-state index in [0.717, 1.165) is 27.9 Å². The third-order valence-electron chi connectivity index (χ3n) is 10.2. The molecule has 0 saturated heterocycles. The Balaban J connectivity index is 1.39. The zero-order chi connectivity index (χ0) is 54.6. The van der Waals surface area contributed by atoms with Crippen molar-refractivity contribution in [1.82, 2.24) is 14.5 Å². The number of fused-ring (bicyclic) bond motifs is 1. The Kier molecular flexibility index (Phi) is 6.00. The fourth-order valence-corrected chi connectivity index (χ4v) is 7.16. The number of rotatable bonds is 6. The van der Waals surface area contributed by atoms with E-state index in [1.54, 1.807) is 30.3 Å². The standard InChI is InChI=1S/C54H53N3O/c1-52(2,3)40-24-22-35(23-25-40)37-28-29-55-47(33-37)39-30-38(31-41(32-39)53(4,5)6)44-19-15-20-48-50(44)56-51(45-18-13-14-21-49(45)58)57(48)42-26-27-43(36-16-11-10-12-17-36)46(34-42)54(7,8)9/h10-34,58H,1-9H3/i1D3,2D3,3D3,22D,23D,24D,25D,28D,29D,33D. The van der Waals surface area contributed by atoms with Gasteiger partial charge in [-0.25, -0.2) is 4.98 Å². The number of benzene rings is 6. The fourth-order valence-electron chi connectivity index (χ4n) is 7.16. The molecule has 290 valence electrons. The van der Waals surface area contributed by atoms with Gasteiger partial charge >= 0.3 is 0 Å². The lowest BCUT2D eigenvalue weighted by Crippen LogP contribution is -2.14. The van der Waals surface area contributed by atoms with Gasteiger partial charge in [-0.2, -0.15) is 0 Å². The molecular formula is C54H53N3O. The van der Waals surface area contributed by atoms with Crippen LogP contribution in [0.3, 0.4) is 0 Å². The van der Waals surface area contributed by atoms with E-state index in [9.17, 15) is 6.48 Å². The second-order valence-corrected chi connectivity index (χ2v) is 16.6. The number of hydrogen-bond donors (Lipinski definition) is 1. The molecule has 0 amide bonds. The summed E-state index contributed by atoms with van der Waals surface area (Å²) in [6.45, 7) is 0.627. The molecular weight excluding hydrogens is 707 g/mol. The summed E-state index contributed by atoms with van der Waals surface area (Å²) < 4.78 is 140. The molecule has 0 unspecified atom stereocenters. The summed E-state index contributed by atoms with van der Waals surface area (Å²) in [7, 11) is 0. The monoisotopic (exact) mass is 776 g/mol. The van der Waals surface area contributed by atoms with Crippen LogP contribution in [-0.4, -0.2) is 19.6 Å². The Morgan fingerprint density at radius 1 is 0.569 bits per heavy atom. The Morgan fingerprint density at radius 2 is 1.28 bits per heavy atom. The van der Waals surface area contributed by atoms with E-state index in [1.807, 2.05) is 79.9 Å². The Hall–Kier alpha value is -6.26. The predicted octanol–water partition coefficient (Wildman–Crippen LogP) is 14.4. The number of aromatic nitrogens is 3. The minimum atomic E-state index is -3.91. The van der Waals surface area contributed by atoms with Crippen LogP contribution in [0.15, 0.2) is 152 Å². The van der Waals surface area contributed by atoms with E-state index < -0.39 is 90.5 Å². The van der Waals surface area contributed by atoms with Gasteiger partial charge in [-0.1, -0.05) is 153 Å². The van der Waals surface area contributed by atoms with Crippen LogP contribution < -0.4 is 0 Å². The highest BCUT2D eigenvalue weighted by Crippen LogP contribution is 2.42. The Morgan fingerprint density at radius 3 is 1.98 bits per heavy atom. The average molecular weight is 776 g/mol. The average Bonchev–Trinajstić information content (AvgIpc) is 3.70. The summed E-state index contributed by atoms with van der Waals surface area (Å²) >= 11 is 0. The number of para-hydroxylation sites is 2. The molecule has 0 aliphatic heterocycles. The number of nitrogens with zero attached hydrogens (tertiary/aromatic N) is 3. The maximum atomic E-state index is 11.4. The van der Waals surface area contributed by atoms with E-state index in [1.165, 1.54) is 0 Å². The first-order chi connectivity index (χ1) is 34.2. The van der Waals surface area contributed by atoms with Crippen molar-refractivity contribution in [3.63, 3.8) is 0 Å². The van der Waals surface area contributed by atoms with Gasteiger partial charge in [0.2, 0.25) is 0 Å². The Bertz CT molecular complexity index is 3460. The van der Waals surface area contributed by atoms with Crippen LogP contribution in [0.4, 0.5) is 0 Å². The molecule has 8 rings (SSSR count). The number of pyridine rings is 1. The van der Waals surface area contributed by atoms with E-state index >= 15 is 0 Å². The molecule has 0 aliphatic carbocycles. The van der Waals surface area contributed by atoms with Crippen LogP contribution in [0.1, 0.15) is 101 Å². The van der Waals surface area contributed by atoms with Crippen molar-refractivity contribution in [2.45, 2.75) is 78.3 Å². The number of phenols is 1. The van der Waals surface area contributed by atoms with Crippen molar-refractivity contribution in [3.8, 4) is 67.5 Å². The highest BCUT2D eigenvalue weighted by atomic mass is 16.3. The van der Waals surface area contributed by atoms with Crippen molar-refractivity contribution in [2.75, 3.05) is 0 Å². The predicted molar refractivity (Wildman–Crippen MR) is 244 cm³/mol. The fraction of sp³-hybridized carbons (Fsp3) is 0.222. The molecule has 0 bridgehead atoms. The third-order valence-corrected chi connectivity index (χ3v) is 10.2. The van der Waals surface area contributed by atoms with Crippen molar-refractivity contribution in [2.24, 2.45) is 0 Å². The first-order valence-corrected chi connectivity index (χ1v) is 19.0. The summed E-state index contributed by atoms with van der Waals surface area (Å²) in [5.74, 6) is 0.463. The molecule has 0 aliphatic rings. The van der Waals surface area contributed by atoms with Crippen LogP contribution in [0.5, 0.6) is 5.75 Å². The van der Waals surface area contributed by atoms with Gasteiger partial charge in [0.25, 0.3) is 0 Å². The first kappa shape index (κ1) is 23.8. The van der Waals surface area contributed by atoms with Crippen molar-refractivity contribution in [1.29, 1.82) is 0 Å². The molecule has 0 saturated carbocycles. The molecule has 4 heteroatoms. The van der Waals surface area contributed by atoms with E-state index in [-0.39, 0.29) is 22.4 Å². The molecule has 4 nitrogen and oxygen atoms in total. The smallest absolute Gasteiger partial charge is 0.149 e. The molecule has 2 aromatic heterocycles. The van der Waals surface area contributed by atoms with E-state index in [2.05, 4.69) is 50.0 Å². The van der Waals surface area contributed by atoms with Crippen LogP contribution in [0, 0.1) is 0 Å². The SMILES string of the molecule is [2H]c1nc(-c2cc(-c3cccc4c3nc(-c3ccccc3O)n4-c3ccc(-c4ccccc4)c(C(C)(C)C)c3)cc(C(C)(C)C)c2)c([2H])c(-c2c([2H])c([2H])c(C(C([2H])([2H])[2H])(C([2H])([2H])[2H])C([2H])([2H])[2H])c([2H])c2[2H])c1[2H]. The molecule has 8 aromatic rings. The number of hydrogen-bond acceptors (Lipinski definition) is 3. The van der Waals surface area contributed by atoms with Crippen LogP contribution in [-0.2, 0) is 16.2 Å². The van der Waals surface area contributed by atoms with E-state index in [4.69, 9.17) is 25.5 Å². The molecule has 0 radical (unpaired) electrons. The van der Waals surface area contributed by atoms with E-state index in [0.29, 0.717) is 33.5 Å². The van der Waals surface area contributed by atoms with Crippen LogP contribution in [0.25, 0.3) is 72.7 Å². The van der Waals surface area contributed by atoms with Gasteiger partial charge in [0, 0.05) is 35.3 Å². The maximum Gasteiger partial charge on any atom is 0.149 e. The minimum absolute atomic E-state index is 0.0102. The van der Waals surface area contributed by atoms with Crippen LogP contribution in [0.2, 0.25) is 0 Å². The van der Waals surface area contributed by atoms with Crippen LogP contribution >= 0.6 is 0 Å². The Labute approximate surface area is 366 Å². The second kappa shape index (κ2) is 14.6. The summed E-state index contributed by atoms with van der Waals surface area (Å²) in [4.78, 5) is 9.65. The van der Waals surface area contributed by atoms with Gasteiger partial charge < -0.3 is 5.11 Å². The van der Waals surface area contributed by atoms with Gasteiger partial charge in [-0.15, -0.1) is 0 Å². The molecule has 58 heavy (non-hydrogen) atoms. The van der Waals surface area contributed by atoms with Crippen molar-refractivity contribution >= 4 is 11.0 Å². The normalized spacial score (nSPS) is 16.9. The summed E-state index contributed by atoms with van der Waals surface area (Å²) in [5, 5.41) is 11.4. The lowest BCUT2D eigenvalue weighted by atomic mass is 9.81. The largest absolute Gasteiger partial charge is 0.507 e. The lowest BCUT2D eigenvalue weighted by Gasteiger charge is -2.25. The highest BCUT2D eigenvalue weighted by molar-refractivity contribution is 5.97. The third kappa shape index (κ3) is 7.47. The maximum absolute atomic E-state index is 11.4. The lowest BCUT2D eigenvalue weighted by molar-refractivity contribution is 0.477. The zero-order valence-electron chi connectivity index (χ0n) is 49.2. The molecule has 6 aromatic carbocycles. The number of phenolic OH excluding ortho intramolecular Hbond substituents is 1. The zero-order valence-corrected chi connectivity index (χ0v) is 33.2. The highest BCUT2D eigenvalue weighted by Gasteiger charge is 2.25. The molecule has 0 spiro atoms. The molecule has 2 heterocycles. The summed E-state index contributed by atoms with van der Waals surface area (Å²) in [5.41, 5.74) is 0.220. The molecule has 0 atom stereocenters. The number of aromatic hydroxyl groups is 1. The van der Waals surface area contributed by atoms with Crippen molar-refractivity contribution < 1.29 is 27.0 Å². The first-order valence-electron chi connectivity index (χ1n) is 27.0. The summed E-state index contributed by atoms with van der Waals surface area (Å²) in [6.07, 6.45) is -0.725. The van der Waals surface area contributed by atoms with Gasteiger partial charge in [0.15, 0.2) is 0 Å². The summed E-state index contributed by atoms with van der Waals surface area (Å²) in [6, 6.07) is 28.2. The van der Waals surface area contributed by atoms with Crippen molar-refractivity contribution in [3.05, 3.63) is 168 Å². The van der Waals surface area contributed by atoms with Gasteiger partial charge in [-0.05, 0) is 115 Å². The van der Waals surface area contributed by atoms with Gasteiger partial charge in [0.05, 0.1) is 31.9 Å². The topological polar surface area (TPSA) is 50.9 Å². The minimum Gasteiger partial charge on any atom is -0.507 e. The van der Waals surface area contributed by atoms with Gasteiger partial charge in [0.1, 0.15) is 11.6 Å².